The van der Waals surface area contributed by atoms with Crippen molar-refractivity contribution in [3.63, 3.8) is 0 Å². The summed E-state index contributed by atoms with van der Waals surface area (Å²) in [6.45, 7) is 14.2. The van der Waals surface area contributed by atoms with Crippen LogP contribution in [0.2, 0.25) is 0 Å². The number of benzene rings is 2. The standard InChI is InChI=1S/2C8H8.C6H8/c2*1-2-8-6-4-3-5-7-8;1-3-5-6-4-2/h2*2-7H,1H2;3-6H,1-2H2. The quantitative estimate of drug-likeness (QED) is 0.558. The van der Waals surface area contributed by atoms with E-state index in [2.05, 4.69) is 26.3 Å². The summed E-state index contributed by atoms with van der Waals surface area (Å²) in [6, 6.07) is 20.1. The minimum atomic E-state index is 1.17. The van der Waals surface area contributed by atoms with Crippen LogP contribution < -0.4 is 0 Å². The molecule has 0 nitrogen and oxygen atoms in total. The van der Waals surface area contributed by atoms with Crippen LogP contribution in [-0.2, 0) is 0 Å². The third kappa shape index (κ3) is 11.0. The van der Waals surface area contributed by atoms with Crippen molar-refractivity contribution in [3.8, 4) is 0 Å². The van der Waals surface area contributed by atoms with Gasteiger partial charge in [0.25, 0.3) is 0 Å². The molecule has 0 atom stereocenters. The fraction of sp³-hybridized carbons (Fsp3) is 0. The van der Waals surface area contributed by atoms with Crippen molar-refractivity contribution >= 4 is 12.2 Å². The Labute approximate surface area is 135 Å². The summed E-state index contributed by atoms with van der Waals surface area (Å²) in [7, 11) is 0. The highest BCUT2D eigenvalue weighted by Crippen LogP contribution is 1.98. The molecule has 0 bridgehead atoms. The Morgan fingerprint density at radius 3 is 1.00 bits per heavy atom. The third-order valence-corrected chi connectivity index (χ3v) is 2.45. The lowest BCUT2D eigenvalue weighted by molar-refractivity contribution is 1.67. The average Bonchev–Trinajstić information content (AvgIpc) is 2.62. The Morgan fingerprint density at radius 2 is 0.818 bits per heavy atom. The number of hydrogen-bond acceptors (Lipinski definition) is 0. The molecular formula is C22H24. The second-order valence-corrected chi connectivity index (χ2v) is 4.09. The van der Waals surface area contributed by atoms with Crippen LogP contribution in [0.3, 0.4) is 0 Å². The molecule has 0 radical (unpaired) electrons. The molecular weight excluding hydrogens is 264 g/mol. The van der Waals surface area contributed by atoms with E-state index < -0.39 is 0 Å². The van der Waals surface area contributed by atoms with Gasteiger partial charge in [-0.25, -0.2) is 0 Å². The van der Waals surface area contributed by atoms with Gasteiger partial charge in [0.05, 0.1) is 0 Å². The van der Waals surface area contributed by atoms with Crippen LogP contribution in [0.25, 0.3) is 12.2 Å². The number of hydrogen-bond donors (Lipinski definition) is 0. The minimum absolute atomic E-state index is 1.17. The van der Waals surface area contributed by atoms with Crippen LogP contribution in [0, 0.1) is 0 Å². The predicted octanol–water partition coefficient (Wildman–Crippen LogP) is 6.57. The first-order valence-corrected chi connectivity index (χ1v) is 7.03. The van der Waals surface area contributed by atoms with E-state index in [1.54, 1.807) is 12.2 Å². The molecule has 0 heterocycles. The van der Waals surface area contributed by atoms with Gasteiger partial charge in [-0.15, -0.1) is 0 Å². The molecule has 2 aromatic carbocycles. The monoisotopic (exact) mass is 288 g/mol. The van der Waals surface area contributed by atoms with E-state index in [1.807, 2.05) is 85.0 Å². The molecule has 0 aliphatic rings. The highest BCUT2D eigenvalue weighted by molar-refractivity contribution is 5.46. The first-order valence-electron chi connectivity index (χ1n) is 7.03. The molecule has 0 amide bonds. The Morgan fingerprint density at radius 1 is 0.500 bits per heavy atom. The summed E-state index contributed by atoms with van der Waals surface area (Å²) < 4.78 is 0. The van der Waals surface area contributed by atoms with Crippen molar-refractivity contribution < 1.29 is 0 Å². The summed E-state index contributed by atoms with van der Waals surface area (Å²) in [4.78, 5) is 0. The van der Waals surface area contributed by atoms with E-state index >= 15 is 0 Å². The van der Waals surface area contributed by atoms with Crippen LogP contribution in [0.5, 0.6) is 0 Å². The molecule has 0 fully saturated rings. The van der Waals surface area contributed by atoms with Crippen LogP contribution >= 0.6 is 0 Å². The fourth-order valence-electron chi connectivity index (χ4n) is 1.34. The van der Waals surface area contributed by atoms with Crippen LogP contribution in [0.1, 0.15) is 11.1 Å². The van der Waals surface area contributed by atoms with Crippen LogP contribution in [0.15, 0.2) is 111 Å². The van der Waals surface area contributed by atoms with Gasteiger partial charge in [-0.1, -0.05) is 123 Å². The van der Waals surface area contributed by atoms with Crippen molar-refractivity contribution in [2.24, 2.45) is 0 Å². The Bertz CT molecular complexity index is 506. The molecule has 22 heavy (non-hydrogen) atoms. The van der Waals surface area contributed by atoms with E-state index in [4.69, 9.17) is 0 Å². The zero-order valence-corrected chi connectivity index (χ0v) is 13.1. The normalized spacial score (nSPS) is 8.55. The lowest BCUT2D eigenvalue weighted by Crippen LogP contribution is -1.63. The molecule has 2 aromatic rings. The number of allylic oxidation sites excluding steroid dienone is 4. The Hall–Kier alpha value is -2.86. The highest BCUT2D eigenvalue weighted by Gasteiger charge is 1.76. The van der Waals surface area contributed by atoms with Gasteiger partial charge < -0.3 is 0 Å². The van der Waals surface area contributed by atoms with Gasteiger partial charge >= 0.3 is 0 Å². The smallest absolute Gasteiger partial charge is 0.0263 e. The van der Waals surface area contributed by atoms with E-state index in [-0.39, 0.29) is 0 Å². The Balaban J connectivity index is 0.000000306. The minimum Gasteiger partial charge on any atom is -0.0991 e. The highest BCUT2D eigenvalue weighted by atomic mass is 13.8. The van der Waals surface area contributed by atoms with Crippen molar-refractivity contribution in [2.45, 2.75) is 0 Å². The van der Waals surface area contributed by atoms with Gasteiger partial charge in [-0.2, -0.15) is 0 Å². The van der Waals surface area contributed by atoms with Gasteiger partial charge in [0.2, 0.25) is 0 Å². The Kier molecular flexibility index (Phi) is 12.7. The zero-order chi connectivity index (χ0) is 16.5. The molecule has 0 aromatic heterocycles. The van der Waals surface area contributed by atoms with Crippen LogP contribution in [-0.4, -0.2) is 0 Å². The molecule has 112 valence electrons. The molecule has 0 unspecified atom stereocenters. The van der Waals surface area contributed by atoms with Gasteiger partial charge in [0, 0.05) is 0 Å². The average molecular weight is 288 g/mol. The summed E-state index contributed by atoms with van der Waals surface area (Å²) in [6.07, 6.45) is 10.7. The molecule has 0 N–H and O–H groups in total. The molecule has 0 saturated carbocycles. The maximum Gasteiger partial charge on any atom is -0.0263 e. The first kappa shape index (κ1) is 19.1. The molecule has 0 spiro atoms. The molecule has 0 aliphatic heterocycles. The van der Waals surface area contributed by atoms with E-state index in [9.17, 15) is 0 Å². The largest absolute Gasteiger partial charge is 0.0991 e. The van der Waals surface area contributed by atoms with Crippen molar-refractivity contribution in [1.82, 2.24) is 0 Å². The van der Waals surface area contributed by atoms with Crippen LogP contribution in [0.4, 0.5) is 0 Å². The van der Waals surface area contributed by atoms with Gasteiger partial charge in [-0.05, 0) is 11.1 Å². The molecule has 0 saturated heterocycles. The summed E-state index contributed by atoms with van der Waals surface area (Å²) in [5.41, 5.74) is 2.35. The maximum atomic E-state index is 3.63. The summed E-state index contributed by atoms with van der Waals surface area (Å²) in [5.74, 6) is 0. The fourth-order valence-corrected chi connectivity index (χ4v) is 1.34. The van der Waals surface area contributed by atoms with Gasteiger partial charge in [0.15, 0.2) is 0 Å². The lowest BCUT2D eigenvalue weighted by atomic mass is 10.2. The molecule has 0 aliphatic carbocycles. The SMILES string of the molecule is C=CC=CC=C.C=Cc1ccccc1.C=Cc1ccccc1. The second kappa shape index (κ2) is 14.5. The van der Waals surface area contributed by atoms with Crippen molar-refractivity contribution in [1.29, 1.82) is 0 Å². The zero-order valence-electron chi connectivity index (χ0n) is 13.1. The molecule has 2 rings (SSSR count). The first-order chi connectivity index (χ1) is 10.8. The van der Waals surface area contributed by atoms with Gasteiger partial charge in [-0.3, -0.25) is 0 Å². The van der Waals surface area contributed by atoms with E-state index in [0.29, 0.717) is 0 Å². The molecule has 0 heteroatoms. The summed E-state index contributed by atoms with van der Waals surface area (Å²) in [5, 5.41) is 0. The maximum absolute atomic E-state index is 3.63. The van der Waals surface area contributed by atoms with Crippen molar-refractivity contribution in [3.05, 3.63) is 122 Å². The topological polar surface area (TPSA) is 0 Å². The van der Waals surface area contributed by atoms with E-state index in [0.717, 1.165) is 0 Å². The lowest BCUT2D eigenvalue weighted by Gasteiger charge is -1.85. The summed E-state index contributed by atoms with van der Waals surface area (Å²) >= 11 is 0. The second-order valence-electron chi connectivity index (χ2n) is 4.09. The van der Waals surface area contributed by atoms with Gasteiger partial charge in [0.1, 0.15) is 0 Å². The van der Waals surface area contributed by atoms with E-state index in [1.165, 1.54) is 11.1 Å². The van der Waals surface area contributed by atoms with Crippen molar-refractivity contribution in [2.75, 3.05) is 0 Å². The number of rotatable bonds is 4. The predicted molar refractivity (Wildman–Crippen MR) is 103 cm³/mol. The third-order valence-electron chi connectivity index (χ3n) is 2.45.